The molecule has 2 aromatic carbocycles. The molecular weight excluding hydrogens is 401 g/mol. The van der Waals surface area contributed by atoms with Crippen molar-refractivity contribution in [3.8, 4) is 0 Å². The summed E-state index contributed by atoms with van der Waals surface area (Å²) in [6, 6.07) is 10.9. The fraction of sp³-hybridized carbons (Fsp3) is 0.261. The predicted molar refractivity (Wildman–Crippen MR) is 114 cm³/mol. The van der Waals surface area contributed by atoms with Crippen molar-refractivity contribution in [3.05, 3.63) is 76.7 Å². The molecular formula is C23H24FN3O4. The maximum Gasteiger partial charge on any atom is 0.338 e. The molecule has 0 saturated carbocycles. The highest BCUT2D eigenvalue weighted by Crippen LogP contribution is 2.32. The van der Waals surface area contributed by atoms with Crippen molar-refractivity contribution in [1.82, 2.24) is 10.2 Å². The van der Waals surface area contributed by atoms with Gasteiger partial charge in [0, 0.05) is 24.0 Å². The number of anilines is 1. The van der Waals surface area contributed by atoms with Gasteiger partial charge in [-0.05, 0) is 62.7 Å². The van der Waals surface area contributed by atoms with E-state index >= 15 is 0 Å². The number of esters is 1. The Hall–Kier alpha value is -3.68. The minimum Gasteiger partial charge on any atom is -0.459 e. The van der Waals surface area contributed by atoms with E-state index in [0.717, 1.165) is 0 Å². The lowest BCUT2D eigenvalue weighted by molar-refractivity contribution is -0.143. The lowest BCUT2D eigenvalue weighted by Crippen LogP contribution is -2.46. The molecule has 1 atom stereocenters. The van der Waals surface area contributed by atoms with E-state index in [4.69, 9.17) is 4.74 Å². The molecule has 0 aromatic heterocycles. The number of carbonyl (C=O) groups is 3. The minimum atomic E-state index is -0.738. The van der Waals surface area contributed by atoms with Gasteiger partial charge in [0.2, 0.25) is 0 Å². The molecule has 0 radical (unpaired) electrons. The number of hydrogen-bond acceptors (Lipinski definition) is 4. The summed E-state index contributed by atoms with van der Waals surface area (Å²) in [5, 5.41) is 5.56. The first-order valence-corrected chi connectivity index (χ1v) is 9.80. The van der Waals surface area contributed by atoms with Gasteiger partial charge in [-0.15, -0.1) is 0 Å². The molecule has 0 aliphatic carbocycles. The SMILES string of the molecule is CC1=C(C(=O)OC(C)C)[C@@H](c2cccc(NC(=O)c3ccc(F)cc3)c2)NC(=O)N1C. The first-order valence-electron chi connectivity index (χ1n) is 9.80. The van der Waals surface area contributed by atoms with Crippen LogP contribution in [0.2, 0.25) is 0 Å². The van der Waals surface area contributed by atoms with E-state index in [9.17, 15) is 18.8 Å². The van der Waals surface area contributed by atoms with Gasteiger partial charge in [0.05, 0.1) is 17.7 Å². The second-order valence-electron chi connectivity index (χ2n) is 7.48. The summed E-state index contributed by atoms with van der Waals surface area (Å²) < 4.78 is 18.5. The van der Waals surface area contributed by atoms with Gasteiger partial charge in [-0.25, -0.2) is 14.0 Å². The van der Waals surface area contributed by atoms with Crippen LogP contribution in [0.25, 0.3) is 0 Å². The van der Waals surface area contributed by atoms with Gasteiger partial charge in [-0.1, -0.05) is 12.1 Å². The number of rotatable bonds is 5. The van der Waals surface area contributed by atoms with E-state index in [-0.39, 0.29) is 12.1 Å². The number of nitrogens with one attached hydrogen (secondary N) is 2. The Labute approximate surface area is 179 Å². The lowest BCUT2D eigenvalue weighted by atomic mass is 9.94. The average Bonchev–Trinajstić information content (AvgIpc) is 2.71. The van der Waals surface area contributed by atoms with Gasteiger partial charge in [0.1, 0.15) is 5.82 Å². The largest absolute Gasteiger partial charge is 0.459 e. The van der Waals surface area contributed by atoms with Gasteiger partial charge in [0.25, 0.3) is 5.91 Å². The Kier molecular flexibility index (Phi) is 6.39. The highest BCUT2D eigenvalue weighted by molar-refractivity contribution is 6.04. The lowest BCUT2D eigenvalue weighted by Gasteiger charge is -2.33. The van der Waals surface area contributed by atoms with Crippen LogP contribution in [-0.4, -0.2) is 36.0 Å². The van der Waals surface area contributed by atoms with E-state index in [1.54, 1.807) is 52.1 Å². The molecule has 8 heteroatoms. The molecule has 7 nitrogen and oxygen atoms in total. The van der Waals surface area contributed by atoms with Crippen molar-refractivity contribution < 1.29 is 23.5 Å². The van der Waals surface area contributed by atoms with Crippen molar-refractivity contribution in [3.63, 3.8) is 0 Å². The Balaban J connectivity index is 1.91. The second kappa shape index (κ2) is 8.99. The van der Waals surface area contributed by atoms with E-state index in [0.29, 0.717) is 28.1 Å². The molecule has 2 N–H and O–H groups in total. The maximum absolute atomic E-state index is 13.1. The van der Waals surface area contributed by atoms with Crippen LogP contribution in [0.5, 0.6) is 0 Å². The van der Waals surface area contributed by atoms with Gasteiger partial charge in [-0.2, -0.15) is 0 Å². The van der Waals surface area contributed by atoms with Crippen LogP contribution in [0, 0.1) is 5.82 Å². The summed E-state index contributed by atoms with van der Waals surface area (Å²) in [6.45, 7) is 5.18. The maximum atomic E-state index is 13.1. The number of nitrogens with zero attached hydrogens (tertiary/aromatic N) is 1. The second-order valence-corrected chi connectivity index (χ2v) is 7.48. The van der Waals surface area contributed by atoms with E-state index in [1.165, 1.54) is 29.2 Å². The van der Waals surface area contributed by atoms with Crippen LogP contribution in [0.15, 0.2) is 59.8 Å². The fourth-order valence-corrected chi connectivity index (χ4v) is 3.23. The molecule has 162 valence electrons. The smallest absolute Gasteiger partial charge is 0.338 e. The molecule has 0 unspecified atom stereocenters. The number of amides is 3. The van der Waals surface area contributed by atoms with Crippen LogP contribution in [-0.2, 0) is 9.53 Å². The number of benzene rings is 2. The van der Waals surface area contributed by atoms with Crippen molar-refractivity contribution in [2.75, 3.05) is 12.4 Å². The zero-order valence-electron chi connectivity index (χ0n) is 17.7. The normalized spacial score (nSPS) is 16.3. The van der Waals surface area contributed by atoms with Gasteiger partial charge in [-0.3, -0.25) is 4.79 Å². The molecule has 1 aliphatic rings. The molecule has 1 heterocycles. The molecule has 0 saturated heterocycles. The zero-order chi connectivity index (χ0) is 22.7. The van der Waals surface area contributed by atoms with E-state index < -0.39 is 23.7 Å². The molecule has 2 aromatic rings. The highest BCUT2D eigenvalue weighted by atomic mass is 19.1. The van der Waals surface area contributed by atoms with Gasteiger partial charge >= 0.3 is 12.0 Å². The number of carbonyl (C=O) groups excluding carboxylic acids is 3. The quantitative estimate of drug-likeness (QED) is 0.709. The van der Waals surface area contributed by atoms with E-state index in [1.807, 2.05) is 0 Å². The molecule has 31 heavy (non-hydrogen) atoms. The Morgan fingerprint density at radius 3 is 2.48 bits per heavy atom. The Bertz CT molecular complexity index is 1050. The predicted octanol–water partition coefficient (Wildman–Crippen LogP) is 4.00. The summed E-state index contributed by atoms with van der Waals surface area (Å²) >= 11 is 0. The summed E-state index contributed by atoms with van der Waals surface area (Å²) in [4.78, 5) is 39.0. The van der Waals surface area contributed by atoms with Crippen LogP contribution in [0.3, 0.4) is 0 Å². The van der Waals surface area contributed by atoms with Crippen molar-refractivity contribution >= 4 is 23.6 Å². The summed E-state index contributed by atoms with van der Waals surface area (Å²) in [7, 11) is 1.57. The summed E-state index contributed by atoms with van der Waals surface area (Å²) in [5.41, 5.74) is 2.18. The Morgan fingerprint density at radius 1 is 1.16 bits per heavy atom. The number of allylic oxidation sites excluding steroid dienone is 1. The molecule has 0 spiro atoms. The third kappa shape index (κ3) is 4.91. The zero-order valence-corrected chi connectivity index (χ0v) is 17.7. The van der Waals surface area contributed by atoms with E-state index in [2.05, 4.69) is 10.6 Å². The standard InChI is InChI=1S/C23H24FN3O4/c1-13(2)31-22(29)19-14(3)27(4)23(30)26-20(19)16-6-5-7-18(12-16)25-21(28)15-8-10-17(24)11-9-15/h5-13,20H,1-4H3,(H,25,28)(H,26,30)/t20-/m1/s1. The molecule has 0 bridgehead atoms. The van der Waals surface area contributed by atoms with Gasteiger partial charge in [0.15, 0.2) is 0 Å². The minimum absolute atomic E-state index is 0.302. The first-order chi connectivity index (χ1) is 14.7. The van der Waals surface area contributed by atoms with Crippen molar-refractivity contribution in [2.45, 2.75) is 32.9 Å². The Morgan fingerprint density at radius 2 is 1.84 bits per heavy atom. The molecule has 3 amide bonds. The van der Waals surface area contributed by atoms with Crippen LogP contribution in [0.1, 0.15) is 42.7 Å². The number of urea groups is 1. The fourth-order valence-electron chi connectivity index (χ4n) is 3.23. The molecule has 1 aliphatic heterocycles. The third-order valence-corrected chi connectivity index (χ3v) is 4.90. The summed E-state index contributed by atoms with van der Waals surface area (Å²) in [5.74, 6) is -1.36. The number of ether oxygens (including phenoxy) is 1. The average molecular weight is 425 g/mol. The first kappa shape index (κ1) is 22.0. The van der Waals surface area contributed by atoms with Crippen LogP contribution in [0.4, 0.5) is 14.9 Å². The van der Waals surface area contributed by atoms with Crippen LogP contribution >= 0.6 is 0 Å². The topological polar surface area (TPSA) is 87.7 Å². The van der Waals surface area contributed by atoms with Crippen LogP contribution < -0.4 is 10.6 Å². The van der Waals surface area contributed by atoms with Crippen molar-refractivity contribution in [2.24, 2.45) is 0 Å². The molecule has 3 rings (SSSR count). The molecule has 0 fully saturated rings. The van der Waals surface area contributed by atoms with Gasteiger partial charge < -0.3 is 20.3 Å². The van der Waals surface area contributed by atoms with Crippen molar-refractivity contribution in [1.29, 1.82) is 0 Å². The monoisotopic (exact) mass is 425 g/mol. The third-order valence-electron chi connectivity index (χ3n) is 4.90. The number of hydrogen-bond donors (Lipinski definition) is 2. The summed E-state index contributed by atoms with van der Waals surface area (Å²) in [6.07, 6.45) is -0.322. The number of halogens is 1. The highest BCUT2D eigenvalue weighted by Gasteiger charge is 2.35.